The predicted octanol–water partition coefficient (Wildman–Crippen LogP) is 4.26. The molecule has 1 aliphatic rings. The number of ether oxygens (including phenoxy) is 1. The highest BCUT2D eigenvalue weighted by Gasteiger charge is 2.13. The fraction of sp³-hybridized carbons (Fsp3) is 0.474. The van der Waals surface area contributed by atoms with Crippen LogP contribution in [0.5, 0.6) is 5.75 Å². The van der Waals surface area contributed by atoms with Gasteiger partial charge in [0, 0.05) is 16.8 Å². The van der Waals surface area contributed by atoms with Gasteiger partial charge in [-0.2, -0.15) is 0 Å². The molecule has 1 N–H and O–H groups in total. The zero-order valence-corrected chi connectivity index (χ0v) is 16.7. The number of nitrogens with one attached hydrogen (secondary N) is 1. The van der Waals surface area contributed by atoms with Gasteiger partial charge < -0.3 is 10.1 Å². The smallest absolute Gasteiger partial charge is 0.236 e. The van der Waals surface area contributed by atoms with Crippen molar-refractivity contribution in [2.24, 2.45) is 0 Å². The summed E-state index contributed by atoms with van der Waals surface area (Å²) in [5.41, 5.74) is 1.05. The number of carbonyl (C=O) groups is 1. The molecule has 140 valence electrons. The summed E-state index contributed by atoms with van der Waals surface area (Å²) in [7, 11) is 0. The molecular formula is C19H25N3O2S2. The van der Waals surface area contributed by atoms with Gasteiger partial charge in [0.15, 0.2) is 5.13 Å². The molecule has 0 aliphatic carbocycles. The zero-order valence-electron chi connectivity index (χ0n) is 15.1. The van der Waals surface area contributed by atoms with Gasteiger partial charge in [-0.3, -0.25) is 9.69 Å². The largest absolute Gasteiger partial charge is 0.494 e. The maximum atomic E-state index is 12.2. The van der Waals surface area contributed by atoms with Crippen molar-refractivity contribution in [1.29, 1.82) is 0 Å². The summed E-state index contributed by atoms with van der Waals surface area (Å²) in [4.78, 5) is 20.2. The number of anilines is 1. The fourth-order valence-corrected chi connectivity index (χ4v) is 4.30. The molecule has 0 atom stereocenters. The second-order valence-electron chi connectivity index (χ2n) is 6.22. The lowest BCUT2D eigenvalue weighted by atomic mass is 10.1. The van der Waals surface area contributed by atoms with E-state index in [0.717, 1.165) is 36.0 Å². The van der Waals surface area contributed by atoms with Gasteiger partial charge in [0.1, 0.15) is 5.75 Å². The van der Waals surface area contributed by atoms with Gasteiger partial charge >= 0.3 is 0 Å². The van der Waals surface area contributed by atoms with E-state index in [9.17, 15) is 4.79 Å². The summed E-state index contributed by atoms with van der Waals surface area (Å²) < 4.78 is 5.42. The molecule has 1 aromatic carbocycles. The minimum atomic E-state index is -0.0252. The van der Waals surface area contributed by atoms with Crippen molar-refractivity contribution in [1.82, 2.24) is 9.88 Å². The summed E-state index contributed by atoms with van der Waals surface area (Å²) in [6.45, 7) is 5.80. The standard InChI is InChI=1S/C19H25N3O2S2/c1-2-24-16-6-8-17(9-7-16)25-14-18(23)21-19-20-15(13-26-19)12-22-10-4-3-5-11-22/h6-9,13H,2-5,10-12,14H2,1H3,(H,20,21,23). The first-order chi connectivity index (χ1) is 12.7. The van der Waals surface area contributed by atoms with E-state index >= 15 is 0 Å². The van der Waals surface area contributed by atoms with Crippen LogP contribution >= 0.6 is 23.1 Å². The number of aromatic nitrogens is 1. The van der Waals surface area contributed by atoms with Gasteiger partial charge in [-0.05, 0) is 57.1 Å². The van der Waals surface area contributed by atoms with E-state index in [-0.39, 0.29) is 5.91 Å². The van der Waals surface area contributed by atoms with E-state index in [1.165, 1.54) is 42.4 Å². The number of thiazole rings is 1. The Morgan fingerprint density at radius 1 is 1.27 bits per heavy atom. The lowest BCUT2D eigenvalue weighted by molar-refractivity contribution is -0.113. The highest BCUT2D eigenvalue weighted by molar-refractivity contribution is 8.00. The molecule has 0 unspecified atom stereocenters. The number of piperidine rings is 1. The van der Waals surface area contributed by atoms with Crippen molar-refractivity contribution in [2.75, 3.05) is 30.8 Å². The molecular weight excluding hydrogens is 366 g/mol. The maximum absolute atomic E-state index is 12.2. The van der Waals surface area contributed by atoms with Crippen molar-refractivity contribution in [3.05, 3.63) is 35.3 Å². The number of nitrogens with zero attached hydrogens (tertiary/aromatic N) is 2. The number of likely N-dealkylation sites (tertiary alicyclic amines) is 1. The van der Waals surface area contributed by atoms with Crippen molar-refractivity contribution >= 4 is 34.1 Å². The zero-order chi connectivity index (χ0) is 18.2. The molecule has 1 saturated heterocycles. The lowest BCUT2D eigenvalue weighted by Gasteiger charge is -2.25. The Bertz CT molecular complexity index is 697. The monoisotopic (exact) mass is 391 g/mol. The summed E-state index contributed by atoms with van der Waals surface area (Å²) in [5, 5.41) is 5.64. The Balaban J connectivity index is 1.43. The molecule has 7 heteroatoms. The number of hydrogen-bond donors (Lipinski definition) is 1. The first-order valence-electron chi connectivity index (χ1n) is 9.05. The molecule has 0 radical (unpaired) electrons. The molecule has 1 aromatic heterocycles. The average molecular weight is 392 g/mol. The van der Waals surface area contributed by atoms with E-state index < -0.39 is 0 Å². The summed E-state index contributed by atoms with van der Waals surface area (Å²) >= 11 is 3.01. The third-order valence-electron chi connectivity index (χ3n) is 4.14. The molecule has 2 heterocycles. The normalized spacial score (nSPS) is 15.0. The van der Waals surface area contributed by atoms with E-state index in [1.54, 1.807) is 0 Å². The van der Waals surface area contributed by atoms with Gasteiger partial charge in [0.05, 0.1) is 18.1 Å². The molecule has 3 rings (SSSR count). The van der Waals surface area contributed by atoms with E-state index in [0.29, 0.717) is 17.5 Å². The topological polar surface area (TPSA) is 54.5 Å². The summed E-state index contributed by atoms with van der Waals surface area (Å²) in [5.74, 6) is 1.20. The third-order valence-corrected chi connectivity index (χ3v) is 5.96. The minimum Gasteiger partial charge on any atom is -0.494 e. The van der Waals surface area contributed by atoms with E-state index in [2.05, 4.69) is 15.2 Å². The second-order valence-corrected chi connectivity index (χ2v) is 8.13. The number of hydrogen-bond acceptors (Lipinski definition) is 6. The number of benzene rings is 1. The van der Waals surface area contributed by atoms with Crippen LogP contribution in [0, 0.1) is 0 Å². The third kappa shape index (κ3) is 6.00. The molecule has 2 aromatic rings. The number of rotatable bonds is 8. The van der Waals surface area contributed by atoms with Gasteiger partial charge in [-0.25, -0.2) is 4.98 Å². The van der Waals surface area contributed by atoms with Crippen molar-refractivity contribution in [2.45, 2.75) is 37.6 Å². The lowest BCUT2D eigenvalue weighted by Crippen LogP contribution is -2.29. The Morgan fingerprint density at radius 2 is 2.04 bits per heavy atom. The fourth-order valence-electron chi connectivity index (χ4n) is 2.89. The van der Waals surface area contributed by atoms with Gasteiger partial charge in [-0.15, -0.1) is 23.1 Å². The van der Waals surface area contributed by atoms with Crippen molar-refractivity contribution in [3.8, 4) is 5.75 Å². The molecule has 0 spiro atoms. The summed E-state index contributed by atoms with van der Waals surface area (Å²) in [6, 6.07) is 7.81. The van der Waals surface area contributed by atoms with E-state index in [4.69, 9.17) is 4.74 Å². The SMILES string of the molecule is CCOc1ccc(SCC(=O)Nc2nc(CN3CCCCC3)cs2)cc1. The molecule has 1 aliphatic heterocycles. The molecule has 5 nitrogen and oxygen atoms in total. The molecule has 0 bridgehead atoms. The van der Waals surface area contributed by atoms with Crippen LogP contribution < -0.4 is 10.1 Å². The van der Waals surface area contributed by atoms with Crippen molar-refractivity contribution < 1.29 is 9.53 Å². The van der Waals surface area contributed by atoms with Crippen LogP contribution in [-0.4, -0.2) is 41.2 Å². The first-order valence-corrected chi connectivity index (χ1v) is 10.9. The first kappa shape index (κ1) is 19.2. The van der Waals surface area contributed by atoms with Crippen LogP contribution in [0.3, 0.4) is 0 Å². The Kier molecular flexibility index (Phi) is 7.34. The van der Waals surface area contributed by atoms with Crippen LogP contribution in [-0.2, 0) is 11.3 Å². The highest BCUT2D eigenvalue weighted by atomic mass is 32.2. The highest BCUT2D eigenvalue weighted by Crippen LogP contribution is 2.23. The van der Waals surface area contributed by atoms with Crippen LogP contribution in [0.1, 0.15) is 31.9 Å². The van der Waals surface area contributed by atoms with Crippen LogP contribution in [0.25, 0.3) is 0 Å². The maximum Gasteiger partial charge on any atom is 0.236 e. The van der Waals surface area contributed by atoms with Crippen LogP contribution in [0.2, 0.25) is 0 Å². The molecule has 1 fully saturated rings. The van der Waals surface area contributed by atoms with Crippen LogP contribution in [0.15, 0.2) is 34.5 Å². The van der Waals surface area contributed by atoms with Crippen molar-refractivity contribution in [3.63, 3.8) is 0 Å². The molecule has 1 amide bonds. The van der Waals surface area contributed by atoms with Gasteiger partial charge in [-0.1, -0.05) is 6.42 Å². The number of thioether (sulfide) groups is 1. The second kappa shape index (κ2) is 9.94. The predicted molar refractivity (Wildman–Crippen MR) is 108 cm³/mol. The molecule has 26 heavy (non-hydrogen) atoms. The number of carbonyl (C=O) groups excluding carboxylic acids is 1. The van der Waals surface area contributed by atoms with Crippen LogP contribution in [0.4, 0.5) is 5.13 Å². The Labute approximate surface area is 163 Å². The minimum absolute atomic E-state index is 0.0252. The number of amides is 1. The summed E-state index contributed by atoms with van der Waals surface area (Å²) in [6.07, 6.45) is 3.88. The molecule has 0 saturated carbocycles. The van der Waals surface area contributed by atoms with Gasteiger partial charge in [0.2, 0.25) is 5.91 Å². The average Bonchev–Trinajstić information content (AvgIpc) is 3.09. The Hall–Kier alpha value is -1.57. The Morgan fingerprint density at radius 3 is 2.77 bits per heavy atom. The quantitative estimate of drug-likeness (QED) is 0.682. The van der Waals surface area contributed by atoms with E-state index in [1.807, 2.05) is 36.6 Å². The van der Waals surface area contributed by atoms with Gasteiger partial charge in [0.25, 0.3) is 0 Å².